The maximum absolute atomic E-state index is 13.9. The molecule has 0 saturated heterocycles. The first-order valence-electron chi connectivity index (χ1n) is 9.15. The van der Waals surface area contributed by atoms with E-state index in [2.05, 4.69) is 9.72 Å². The van der Waals surface area contributed by atoms with E-state index in [9.17, 15) is 9.18 Å². The van der Waals surface area contributed by atoms with Gasteiger partial charge < -0.3 is 19.9 Å². The Morgan fingerprint density at radius 2 is 1.87 bits per heavy atom. The lowest BCUT2D eigenvalue weighted by Crippen LogP contribution is -2.12. The van der Waals surface area contributed by atoms with E-state index >= 15 is 0 Å². The molecule has 0 amide bonds. The number of nitrogens with zero attached hydrogens (tertiary/aromatic N) is 1. The molecule has 0 radical (unpaired) electrons. The number of anilines is 1. The summed E-state index contributed by atoms with van der Waals surface area (Å²) in [5.41, 5.74) is 7.83. The Balaban J connectivity index is 1.81. The van der Waals surface area contributed by atoms with Crippen LogP contribution < -0.4 is 15.2 Å². The van der Waals surface area contributed by atoms with Gasteiger partial charge in [-0.05, 0) is 42.8 Å². The van der Waals surface area contributed by atoms with E-state index in [4.69, 9.17) is 38.4 Å². The number of carbonyl (C=O) groups is 1. The van der Waals surface area contributed by atoms with Crippen LogP contribution in [0.4, 0.5) is 10.2 Å². The normalized spacial score (nSPS) is 11.6. The fourth-order valence-corrected chi connectivity index (χ4v) is 3.49. The largest absolute Gasteiger partial charge is 0.482 e. The average molecular weight is 465 g/mol. The third kappa shape index (κ3) is 5.37. The molecule has 1 atom stereocenters. The molecule has 2 N–H and O–H groups in total. The van der Waals surface area contributed by atoms with Crippen molar-refractivity contribution in [2.45, 2.75) is 13.0 Å². The van der Waals surface area contributed by atoms with Gasteiger partial charge in [0.15, 0.2) is 18.2 Å². The zero-order chi connectivity index (χ0) is 22.5. The van der Waals surface area contributed by atoms with Crippen molar-refractivity contribution in [3.8, 4) is 22.6 Å². The molecule has 0 bridgehead atoms. The summed E-state index contributed by atoms with van der Waals surface area (Å²) in [6.45, 7) is 1.51. The minimum atomic E-state index is -0.677. The van der Waals surface area contributed by atoms with Crippen LogP contribution >= 0.6 is 23.2 Å². The highest BCUT2D eigenvalue weighted by Gasteiger charge is 2.20. The number of benzene rings is 2. The van der Waals surface area contributed by atoms with Crippen LogP contribution in [0.2, 0.25) is 10.0 Å². The molecular formula is C22H19Cl2FN2O4. The summed E-state index contributed by atoms with van der Waals surface area (Å²) in [7, 11) is 1.29. The third-order valence-electron chi connectivity index (χ3n) is 4.44. The molecule has 0 aliphatic rings. The summed E-state index contributed by atoms with van der Waals surface area (Å²) in [5.74, 6) is -0.0881. The highest BCUT2D eigenvalue weighted by atomic mass is 35.5. The number of rotatable bonds is 7. The Hall–Kier alpha value is -3.03. The maximum atomic E-state index is 13.9. The lowest BCUT2D eigenvalue weighted by atomic mass is 10.1. The standard InChI is InChI=1S/C22H19Cl2FN2O4/c1-12(20-16(23)7-8-17(25)21(20)24)31-18-9-14(10-27-22(18)26)13-3-5-15(6-4-13)30-11-19(28)29-2/h3-10,12H,11H2,1-2H3,(H2,26,27). The van der Waals surface area contributed by atoms with Crippen LogP contribution in [0.1, 0.15) is 18.6 Å². The highest BCUT2D eigenvalue weighted by Crippen LogP contribution is 2.37. The second-order valence-corrected chi connectivity index (χ2v) is 7.30. The van der Waals surface area contributed by atoms with Gasteiger partial charge in [0.05, 0.1) is 12.1 Å². The van der Waals surface area contributed by atoms with Crippen LogP contribution in [-0.2, 0) is 9.53 Å². The van der Waals surface area contributed by atoms with E-state index in [1.165, 1.54) is 19.2 Å². The minimum Gasteiger partial charge on any atom is -0.482 e. The number of esters is 1. The number of nitrogens with two attached hydrogens (primary N) is 1. The van der Waals surface area contributed by atoms with Crippen molar-refractivity contribution in [2.24, 2.45) is 0 Å². The molecule has 0 fully saturated rings. The van der Waals surface area contributed by atoms with Crippen molar-refractivity contribution in [1.82, 2.24) is 4.98 Å². The summed E-state index contributed by atoms with van der Waals surface area (Å²) in [4.78, 5) is 15.4. The molecule has 0 saturated carbocycles. The van der Waals surface area contributed by atoms with E-state index in [-0.39, 0.29) is 22.5 Å². The zero-order valence-electron chi connectivity index (χ0n) is 16.7. The van der Waals surface area contributed by atoms with Gasteiger partial charge in [0.25, 0.3) is 0 Å². The number of halogens is 3. The average Bonchev–Trinajstić information content (AvgIpc) is 2.76. The predicted octanol–water partition coefficient (Wildman–Crippen LogP) is 5.47. The first-order valence-corrected chi connectivity index (χ1v) is 9.91. The Kier molecular flexibility index (Phi) is 7.20. The van der Waals surface area contributed by atoms with Crippen LogP contribution in [0.15, 0.2) is 48.7 Å². The number of nitrogen functional groups attached to an aromatic ring is 1. The van der Waals surface area contributed by atoms with E-state index in [0.717, 1.165) is 11.1 Å². The van der Waals surface area contributed by atoms with Gasteiger partial charge in [-0.2, -0.15) is 0 Å². The van der Waals surface area contributed by atoms with Crippen LogP contribution in [0.3, 0.4) is 0 Å². The van der Waals surface area contributed by atoms with E-state index in [1.807, 2.05) is 0 Å². The molecule has 31 heavy (non-hydrogen) atoms. The lowest BCUT2D eigenvalue weighted by Gasteiger charge is -2.19. The third-order valence-corrected chi connectivity index (χ3v) is 5.16. The van der Waals surface area contributed by atoms with Crippen LogP contribution in [-0.4, -0.2) is 24.7 Å². The van der Waals surface area contributed by atoms with Crippen molar-refractivity contribution in [3.63, 3.8) is 0 Å². The fraction of sp³-hybridized carbons (Fsp3) is 0.182. The van der Waals surface area contributed by atoms with Crippen molar-refractivity contribution in [3.05, 3.63) is 70.1 Å². The topological polar surface area (TPSA) is 83.7 Å². The fourth-order valence-electron chi connectivity index (χ4n) is 2.82. The van der Waals surface area contributed by atoms with Crippen molar-refractivity contribution < 1.29 is 23.4 Å². The van der Waals surface area contributed by atoms with Crippen LogP contribution in [0.5, 0.6) is 11.5 Å². The van der Waals surface area contributed by atoms with Crippen molar-refractivity contribution in [2.75, 3.05) is 19.5 Å². The molecule has 0 aliphatic heterocycles. The van der Waals surface area contributed by atoms with Gasteiger partial charge in [-0.15, -0.1) is 0 Å². The van der Waals surface area contributed by atoms with Crippen molar-refractivity contribution >= 4 is 35.0 Å². The summed E-state index contributed by atoms with van der Waals surface area (Å²) >= 11 is 12.2. The summed E-state index contributed by atoms with van der Waals surface area (Å²) in [6.07, 6.45) is 0.920. The maximum Gasteiger partial charge on any atom is 0.343 e. The second-order valence-electron chi connectivity index (χ2n) is 6.51. The first-order chi connectivity index (χ1) is 14.8. The number of aromatic nitrogens is 1. The Morgan fingerprint density at radius 1 is 1.16 bits per heavy atom. The monoisotopic (exact) mass is 464 g/mol. The number of hydrogen-bond donors (Lipinski definition) is 1. The van der Waals surface area contributed by atoms with Crippen LogP contribution in [0.25, 0.3) is 11.1 Å². The Labute approximate surface area is 188 Å². The molecule has 1 aromatic heterocycles. The molecule has 9 heteroatoms. The Morgan fingerprint density at radius 3 is 2.55 bits per heavy atom. The van der Waals surface area contributed by atoms with Gasteiger partial charge in [-0.25, -0.2) is 14.2 Å². The molecule has 1 heterocycles. The zero-order valence-corrected chi connectivity index (χ0v) is 18.2. The number of carbonyl (C=O) groups excluding carboxylic acids is 1. The number of pyridine rings is 1. The molecule has 2 aromatic carbocycles. The molecule has 3 rings (SSSR count). The highest BCUT2D eigenvalue weighted by molar-refractivity contribution is 6.36. The summed E-state index contributed by atoms with van der Waals surface area (Å²) < 4.78 is 29.6. The number of methoxy groups -OCH3 is 1. The van der Waals surface area contributed by atoms with E-state index < -0.39 is 17.9 Å². The second kappa shape index (κ2) is 9.85. The van der Waals surface area contributed by atoms with Crippen LogP contribution in [0, 0.1) is 5.82 Å². The smallest absolute Gasteiger partial charge is 0.343 e. The van der Waals surface area contributed by atoms with Gasteiger partial charge >= 0.3 is 5.97 Å². The van der Waals surface area contributed by atoms with Gasteiger partial charge in [0.1, 0.15) is 17.7 Å². The quantitative estimate of drug-likeness (QED) is 0.368. The molecule has 0 spiro atoms. The summed E-state index contributed by atoms with van der Waals surface area (Å²) in [6, 6.07) is 11.3. The van der Waals surface area contributed by atoms with Gasteiger partial charge in [-0.3, -0.25) is 0 Å². The van der Waals surface area contributed by atoms with E-state index in [0.29, 0.717) is 17.1 Å². The molecular weight excluding hydrogens is 446 g/mol. The number of ether oxygens (including phenoxy) is 3. The summed E-state index contributed by atoms with van der Waals surface area (Å²) in [5, 5.41) is 0.175. The molecule has 1 unspecified atom stereocenters. The van der Waals surface area contributed by atoms with Gasteiger partial charge in [0.2, 0.25) is 0 Å². The van der Waals surface area contributed by atoms with Crippen molar-refractivity contribution in [1.29, 1.82) is 0 Å². The van der Waals surface area contributed by atoms with E-state index in [1.54, 1.807) is 43.5 Å². The molecule has 3 aromatic rings. The van der Waals surface area contributed by atoms with Gasteiger partial charge in [0, 0.05) is 22.3 Å². The lowest BCUT2D eigenvalue weighted by molar-refractivity contribution is -0.142. The minimum absolute atomic E-state index is 0.106. The molecule has 6 nitrogen and oxygen atoms in total. The molecule has 162 valence electrons. The predicted molar refractivity (Wildman–Crippen MR) is 117 cm³/mol. The SMILES string of the molecule is COC(=O)COc1ccc(-c2cnc(N)c(OC(C)c3c(Cl)ccc(F)c3Cl)c2)cc1. The Bertz CT molecular complexity index is 1090. The number of hydrogen-bond acceptors (Lipinski definition) is 6. The van der Waals surface area contributed by atoms with Gasteiger partial charge in [-0.1, -0.05) is 35.3 Å². The molecule has 0 aliphatic carbocycles. The first kappa shape index (κ1) is 22.7.